The fourth-order valence-electron chi connectivity index (χ4n) is 1.28. The molecule has 0 aliphatic rings. The molecule has 2 amide bonds. The van der Waals surface area contributed by atoms with E-state index in [0.29, 0.717) is 18.0 Å². The van der Waals surface area contributed by atoms with Gasteiger partial charge < -0.3 is 16.4 Å². The minimum atomic E-state index is -0.571. The minimum Gasteiger partial charge on any atom is -0.354 e. The monoisotopic (exact) mass is 383 g/mol. The van der Waals surface area contributed by atoms with Crippen LogP contribution in [0.1, 0.15) is 23.5 Å². The Morgan fingerprint density at radius 1 is 1.40 bits per heavy atom. The van der Waals surface area contributed by atoms with E-state index in [4.69, 9.17) is 5.73 Å². The molecule has 0 aliphatic carbocycles. The number of hydrogen-bond acceptors (Lipinski definition) is 4. The second kappa shape index (κ2) is 9.33. The highest BCUT2D eigenvalue weighted by atomic mass is 79.9. The van der Waals surface area contributed by atoms with Gasteiger partial charge in [-0.1, -0.05) is 6.92 Å². The molecule has 1 heterocycles. The van der Waals surface area contributed by atoms with Crippen molar-refractivity contribution < 1.29 is 9.59 Å². The average Bonchev–Trinajstić information content (AvgIpc) is 2.82. The van der Waals surface area contributed by atoms with Crippen LogP contribution in [0.25, 0.3) is 0 Å². The Hall–Kier alpha value is -0.630. The highest BCUT2D eigenvalue weighted by molar-refractivity contribution is 9.11. The fraction of sp³-hybridized carbons (Fsp3) is 0.500. The standard InChI is InChI=1S/C12H18BrN3O2S.ClH/c1-7(5-14)6-15-11(17)8(2)16-12(18)9-3-4-10(13)19-9;/h3-4,7-8H,5-6,14H2,1-2H3,(H,15,17)(H,16,18);1H. The Kier molecular flexibility index (Phi) is 9.04. The topological polar surface area (TPSA) is 84.2 Å². The van der Waals surface area contributed by atoms with Crippen molar-refractivity contribution in [2.45, 2.75) is 19.9 Å². The molecule has 1 aromatic rings. The number of halogens is 2. The molecule has 0 aliphatic heterocycles. The van der Waals surface area contributed by atoms with Crippen LogP contribution < -0.4 is 16.4 Å². The fourth-order valence-corrected chi connectivity index (χ4v) is 2.57. The number of nitrogens with one attached hydrogen (secondary N) is 2. The molecule has 20 heavy (non-hydrogen) atoms. The molecule has 4 N–H and O–H groups in total. The summed E-state index contributed by atoms with van der Waals surface area (Å²) in [7, 11) is 0. The Morgan fingerprint density at radius 3 is 2.55 bits per heavy atom. The van der Waals surface area contributed by atoms with Crippen molar-refractivity contribution in [1.29, 1.82) is 0 Å². The van der Waals surface area contributed by atoms with Gasteiger partial charge in [-0.2, -0.15) is 0 Å². The second-order valence-electron chi connectivity index (χ2n) is 4.38. The summed E-state index contributed by atoms with van der Waals surface area (Å²) in [5.41, 5.74) is 5.47. The zero-order valence-corrected chi connectivity index (χ0v) is 14.5. The number of carbonyl (C=O) groups is 2. The summed E-state index contributed by atoms with van der Waals surface area (Å²) < 4.78 is 0.881. The van der Waals surface area contributed by atoms with Gasteiger partial charge in [-0.15, -0.1) is 23.7 Å². The van der Waals surface area contributed by atoms with Crippen LogP contribution in [0.5, 0.6) is 0 Å². The van der Waals surface area contributed by atoms with Crippen molar-refractivity contribution >= 4 is 51.5 Å². The van der Waals surface area contributed by atoms with Crippen molar-refractivity contribution in [1.82, 2.24) is 10.6 Å². The molecule has 2 unspecified atom stereocenters. The third kappa shape index (κ3) is 6.21. The average molecular weight is 385 g/mol. The number of amides is 2. The smallest absolute Gasteiger partial charge is 0.262 e. The number of carbonyl (C=O) groups excluding carboxylic acids is 2. The van der Waals surface area contributed by atoms with Crippen LogP contribution in [0.4, 0.5) is 0 Å². The van der Waals surface area contributed by atoms with Gasteiger partial charge in [-0.25, -0.2) is 0 Å². The van der Waals surface area contributed by atoms with Crippen LogP contribution in [0, 0.1) is 5.92 Å². The Morgan fingerprint density at radius 2 is 2.05 bits per heavy atom. The molecule has 2 atom stereocenters. The van der Waals surface area contributed by atoms with Crippen LogP contribution in [-0.4, -0.2) is 30.9 Å². The maximum atomic E-state index is 11.8. The summed E-state index contributed by atoms with van der Waals surface area (Å²) in [4.78, 5) is 24.2. The van der Waals surface area contributed by atoms with Crippen molar-refractivity contribution in [2.24, 2.45) is 11.7 Å². The van der Waals surface area contributed by atoms with E-state index in [1.807, 2.05) is 6.92 Å². The van der Waals surface area contributed by atoms with Gasteiger partial charge in [0, 0.05) is 6.54 Å². The van der Waals surface area contributed by atoms with Gasteiger partial charge in [0.25, 0.3) is 5.91 Å². The summed E-state index contributed by atoms with van der Waals surface area (Å²) in [5, 5.41) is 5.41. The number of rotatable bonds is 6. The van der Waals surface area contributed by atoms with Crippen LogP contribution in [-0.2, 0) is 4.79 Å². The molecule has 0 aromatic carbocycles. The largest absolute Gasteiger partial charge is 0.354 e. The predicted octanol–water partition coefficient (Wildman–Crippen LogP) is 1.76. The molecule has 1 rings (SSSR count). The molecule has 114 valence electrons. The van der Waals surface area contributed by atoms with E-state index in [9.17, 15) is 9.59 Å². The van der Waals surface area contributed by atoms with E-state index in [1.54, 1.807) is 19.1 Å². The van der Waals surface area contributed by atoms with E-state index in [-0.39, 0.29) is 30.1 Å². The van der Waals surface area contributed by atoms with Crippen molar-refractivity contribution in [3.05, 3.63) is 20.8 Å². The Balaban J connectivity index is 0.00000361. The third-order valence-corrected chi connectivity index (χ3v) is 4.19. The maximum Gasteiger partial charge on any atom is 0.262 e. The lowest BCUT2D eigenvalue weighted by atomic mass is 10.2. The first kappa shape index (κ1) is 19.4. The molecule has 0 fully saturated rings. The van der Waals surface area contributed by atoms with Gasteiger partial charge in [-0.05, 0) is 47.4 Å². The molecule has 0 radical (unpaired) electrons. The molecule has 8 heteroatoms. The van der Waals surface area contributed by atoms with Crippen molar-refractivity contribution in [2.75, 3.05) is 13.1 Å². The van der Waals surface area contributed by atoms with Crippen LogP contribution in [0.2, 0.25) is 0 Å². The predicted molar refractivity (Wildman–Crippen MR) is 87.4 cm³/mol. The Bertz CT molecular complexity index is 456. The lowest BCUT2D eigenvalue weighted by Crippen LogP contribution is -2.46. The molecule has 1 aromatic heterocycles. The Labute approximate surface area is 137 Å². The van der Waals surface area contributed by atoms with Gasteiger partial charge in [-0.3, -0.25) is 9.59 Å². The highest BCUT2D eigenvalue weighted by Gasteiger charge is 2.17. The molecule has 5 nitrogen and oxygen atoms in total. The normalized spacial score (nSPS) is 13.0. The SMILES string of the molecule is CC(CN)CNC(=O)C(C)NC(=O)c1ccc(Br)s1.Cl. The zero-order chi connectivity index (χ0) is 14.4. The van der Waals surface area contributed by atoms with Crippen LogP contribution >= 0.6 is 39.7 Å². The first-order chi connectivity index (χ1) is 8.93. The maximum absolute atomic E-state index is 11.8. The summed E-state index contributed by atoms with van der Waals surface area (Å²) >= 11 is 4.62. The van der Waals surface area contributed by atoms with Crippen molar-refractivity contribution in [3.8, 4) is 0 Å². The van der Waals surface area contributed by atoms with Crippen LogP contribution in [0.15, 0.2) is 15.9 Å². The summed E-state index contributed by atoms with van der Waals surface area (Å²) in [6, 6.07) is 2.94. The quantitative estimate of drug-likeness (QED) is 0.699. The highest BCUT2D eigenvalue weighted by Crippen LogP contribution is 2.21. The van der Waals surface area contributed by atoms with Gasteiger partial charge in [0.05, 0.1) is 8.66 Å². The third-order valence-electron chi connectivity index (χ3n) is 2.57. The molecular formula is C12H19BrClN3O2S. The first-order valence-electron chi connectivity index (χ1n) is 5.98. The number of hydrogen-bond donors (Lipinski definition) is 3. The van der Waals surface area contributed by atoms with Gasteiger partial charge in [0.2, 0.25) is 5.91 Å². The van der Waals surface area contributed by atoms with Gasteiger partial charge in [0.1, 0.15) is 6.04 Å². The lowest BCUT2D eigenvalue weighted by Gasteiger charge is -2.15. The molecule has 0 saturated heterocycles. The summed E-state index contributed by atoms with van der Waals surface area (Å²) in [6.07, 6.45) is 0. The number of thiophene rings is 1. The first-order valence-corrected chi connectivity index (χ1v) is 7.59. The van der Waals surface area contributed by atoms with E-state index < -0.39 is 6.04 Å². The number of nitrogens with two attached hydrogens (primary N) is 1. The van der Waals surface area contributed by atoms with Crippen LogP contribution in [0.3, 0.4) is 0 Å². The molecule has 0 bridgehead atoms. The molecule has 0 spiro atoms. The summed E-state index contributed by atoms with van der Waals surface area (Å²) in [5.74, 6) is -0.227. The van der Waals surface area contributed by atoms with Gasteiger partial charge >= 0.3 is 0 Å². The lowest BCUT2D eigenvalue weighted by molar-refractivity contribution is -0.122. The van der Waals surface area contributed by atoms with E-state index in [1.165, 1.54) is 11.3 Å². The molecular weight excluding hydrogens is 366 g/mol. The zero-order valence-electron chi connectivity index (χ0n) is 11.3. The van der Waals surface area contributed by atoms with Crippen molar-refractivity contribution in [3.63, 3.8) is 0 Å². The minimum absolute atomic E-state index is 0. The van der Waals surface area contributed by atoms with E-state index in [0.717, 1.165) is 3.79 Å². The van der Waals surface area contributed by atoms with Gasteiger partial charge in [0.15, 0.2) is 0 Å². The summed E-state index contributed by atoms with van der Waals surface area (Å²) in [6.45, 7) is 4.64. The van der Waals surface area contributed by atoms with E-state index >= 15 is 0 Å². The second-order valence-corrected chi connectivity index (χ2v) is 6.85. The van der Waals surface area contributed by atoms with E-state index in [2.05, 4.69) is 26.6 Å². The molecule has 0 saturated carbocycles.